The first-order chi connectivity index (χ1) is 16.4. The van der Waals surface area contributed by atoms with Gasteiger partial charge in [-0.25, -0.2) is 4.98 Å². The Morgan fingerprint density at radius 3 is 2.50 bits per heavy atom. The zero-order chi connectivity index (χ0) is 24.2. The number of nitrogens with zero attached hydrogens (tertiary/aromatic N) is 3. The Morgan fingerprint density at radius 1 is 1.03 bits per heavy atom. The molecule has 1 atom stereocenters. The molecule has 4 aromatic rings. The normalized spacial score (nSPS) is 11.9. The molecule has 0 amide bonds. The van der Waals surface area contributed by atoms with Gasteiger partial charge in [0.1, 0.15) is 18.2 Å². The van der Waals surface area contributed by atoms with Crippen molar-refractivity contribution in [2.24, 2.45) is 5.73 Å². The third kappa shape index (κ3) is 4.56. The molecule has 0 saturated carbocycles. The lowest BCUT2D eigenvalue weighted by molar-refractivity contribution is 0.273. The molecule has 10 heteroatoms. The van der Waals surface area contributed by atoms with Crippen molar-refractivity contribution in [2.45, 2.75) is 19.4 Å². The molecule has 4 rings (SSSR count). The predicted molar refractivity (Wildman–Crippen MR) is 132 cm³/mol. The molecular weight excluding hydrogens is 434 g/mol. The highest BCUT2D eigenvalue weighted by molar-refractivity contribution is 6.10. The molecule has 0 fully saturated rings. The van der Waals surface area contributed by atoms with Crippen molar-refractivity contribution in [3.05, 3.63) is 42.9 Å². The molecule has 0 unspecified atom stereocenters. The topological polar surface area (TPSA) is 154 Å². The van der Waals surface area contributed by atoms with E-state index in [-0.39, 0.29) is 12.0 Å². The van der Waals surface area contributed by atoms with Gasteiger partial charge in [-0.05, 0) is 30.0 Å². The van der Waals surface area contributed by atoms with E-state index in [4.69, 9.17) is 31.1 Å². The third-order valence-electron chi connectivity index (χ3n) is 5.53. The van der Waals surface area contributed by atoms with Gasteiger partial charge < -0.3 is 31.0 Å². The van der Waals surface area contributed by atoms with Gasteiger partial charge in [0, 0.05) is 34.8 Å². The Bertz CT molecular complexity index is 1360. The quantitative estimate of drug-likeness (QED) is 0.176. The molecule has 0 radical (unpaired) electrons. The van der Waals surface area contributed by atoms with Crippen LogP contribution in [0.1, 0.15) is 13.3 Å². The van der Waals surface area contributed by atoms with Crippen LogP contribution >= 0.6 is 0 Å². The Labute approximate surface area is 196 Å². The summed E-state index contributed by atoms with van der Waals surface area (Å²) in [5.41, 5.74) is 13.9. The Hall–Kier alpha value is -4.34. The van der Waals surface area contributed by atoms with E-state index in [2.05, 4.69) is 20.3 Å². The molecule has 0 bridgehead atoms. The van der Waals surface area contributed by atoms with Gasteiger partial charge in [-0.2, -0.15) is 0 Å². The van der Waals surface area contributed by atoms with Crippen LogP contribution in [0.15, 0.2) is 42.9 Å². The van der Waals surface area contributed by atoms with Crippen molar-refractivity contribution in [3.63, 3.8) is 0 Å². The fraction of sp³-hybridized carbons (Fsp3) is 0.250. The number of benzene rings is 1. The molecule has 0 saturated heterocycles. The molecule has 0 aliphatic rings. The van der Waals surface area contributed by atoms with E-state index in [1.807, 2.05) is 31.2 Å². The van der Waals surface area contributed by atoms with E-state index in [1.165, 1.54) is 0 Å². The number of nitrogens with one attached hydrogen (secondary N) is 2. The maximum Gasteiger partial charge on any atom is 0.186 e. The van der Waals surface area contributed by atoms with Crippen LogP contribution in [-0.2, 0) is 0 Å². The van der Waals surface area contributed by atoms with Crippen molar-refractivity contribution in [2.75, 3.05) is 26.6 Å². The number of pyridine rings is 3. The van der Waals surface area contributed by atoms with E-state index in [0.29, 0.717) is 35.4 Å². The molecule has 10 nitrogen and oxygen atoms in total. The summed E-state index contributed by atoms with van der Waals surface area (Å²) in [7, 11) is 3.18. The van der Waals surface area contributed by atoms with Crippen LogP contribution in [-0.4, -0.2) is 47.8 Å². The zero-order valence-corrected chi connectivity index (χ0v) is 19.3. The lowest BCUT2D eigenvalue weighted by Gasteiger charge is -2.17. The Morgan fingerprint density at radius 2 is 1.79 bits per heavy atom. The molecule has 6 N–H and O–H groups in total. The number of anilines is 1. The summed E-state index contributed by atoms with van der Waals surface area (Å²) in [4.78, 5) is 13.4. The zero-order valence-electron chi connectivity index (χ0n) is 19.3. The van der Waals surface area contributed by atoms with Gasteiger partial charge in [-0.3, -0.25) is 15.4 Å². The van der Waals surface area contributed by atoms with Gasteiger partial charge in [-0.15, -0.1) is 0 Å². The van der Waals surface area contributed by atoms with Crippen molar-refractivity contribution in [1.82, 2.24) is 20.3 Å². The summed E-state index contributed by atoms with van der Waals surface area (Å²) in [6.07, 6.45) is 5.80. The lowest BCUT2D eigenvalue weighted by Crippen LogP contribution is -2.42. The number of hydrogen-bond donors (Lipinski definition) is 4. The number of methoxy groups -OCH3 is 2. The van der Waals surface area contributed by atoms with Crippen LogP contribution in [0.3, 0.4) is 0 Å². The summed E-state index contributed by atoms with van der Waals surface area (Å²) in [6, 6.07) is 7.44. The number of hydrogen-bond acceptors (Lipinski definition) is 8. The second-order valence-electron chi connectivity index (χ2n) is 7.72. The maximum absolute atomic E-state index is 7.41. The van der Waals surface area contributed by atoms with Crippen molar-refractivity contribution in [3.8, 4) is 28.5 Å². The molecular formula is C24H27N7O3. The fourth-order valence-electron chi connectivity index (χ4n) is 3.72. The van der Waals surface area contributed by atoms with Crippen LogP contribution in [0.5, 0.6) is 17.2 Å². The number of aromatic nitrogens is 3. The number of guanidine groups is 1. The molecule has 176 valence electrons. The van der Waals surface area contributed by atoms with E-state index >= 15 is 0 Å². The average Bonchev–Trinajstić information content (AvgIpc) is 2.85. The minimum absolute atomic E-state index is 0.0820. The van der Waals surface area contributed by atoms with E-state index in [1.54, 1.807) is 32.8 Å². The monoisotopic (exact) mass is 461 g/mol. The van der Waals surface area contributed by atoms with Crippen molar-refractivity contribution in [1.29, 1.82) is 5.41 Å². The number of nitrogens with two attached hydrogens (primary N) is 2. The van der Waals surface area contributed by atoms with Crippen LogP contribution in [0.25, 0.3) is 32.9 Å². The van der Waals surface area contributed by atoms with E-state index in [0.717, 1.165) is 33.7 Å². The standard InChI is InChI=1S/C24H27N7O3/c1-4-14(30-24(26)27)12-34-15-5-13(9-28-10-15)19-6-16-17-7-21(32-2)22(33-3)8-20(17)29-11-18(16)23(25)31-19/h5-11,14H,4,12H2,1-3H3,(H2,25,31)(H4,26,27,30)/t14-/m0/s1. The predicted octanol–water partition coefficient (Wildman–Crippen LogP) is 3.08. The van der Waals surface area contributed by atoms with Gasteiger partial charge >= 0.3 is 0 Å². The number of rotatable bonds is 8. The third-order valence-corrected chi connectivity index (χ3v) is 5.53. The smallest absolute Gasteiger partial charge is 0.186 e. The summed E-state index contributed by atoms with van der Waals surface area (Å²) in [6.45, 7) is 2.33. The summed E-state index contributed by atoms with van der Waals surface area (Å²) < 4.78 is 16.8. The highest BCUT2D eigenvalue weighted by atomic mass is 16.5. The molecule has 0 spiro atoms. The van der Waals surface area contributed by atoms with Crippen LogP contribution in [0.2, 0.25) is 0 Å². The minimum Gasteiger partial charge on any atom is -0.493 e. The van der Waals surface area contributed by atoms with E-state index in [9.17, 15) is 0 Å². The summed E-state index contributed by atoms with van der Waals surface area (Å²) in [5.74, 6) is 2.05. The fourth-order valence-corrected chi connectivity index (χ4v) is 3.72. The lowest BCUT2D eigenvalue weighted by atomic mass is 10.0. The minimum atomic E-state index is -0.0888. The van der Waals surface area contributed by atoms with Gasteiger partial charge in [0.25, 0.3) is 0 Å². The largest absolute Gasteiger partial charge is 0.493 e. The molecule has 0 aliphatic carbocycles. The maximum atomic E-state index is 7.41. The molecule has 1 aromatic carbocycles. The summed E-state index contributed by atoms with van der Waals surface area (Å²) in [5, 5.41) is 12.8. The second-order valence-corrected chi connectivity index (χ2v) is 7.72. The number of nitrogen functional groups attached to an aromatic ring is 1. The first-order valence-electron chi connectivity index (χ1n) is 10.7. The first kappa shape index (κ1) is 22.8. The van der Waals surface area contributed by atoms with Crippen LogP contribution in [0.4, 0.5) is 5.82 Å². The van der Waals surface area contributed by atoms with Crippen molar-refractivity contribution >= 4 is 33.5 Å². The number of fused-ring (bicyclic) bond motifs is 3. The van der Waals surface area contributed by atoms with E-state index < -0.39 is 0 Å². The average molecular weight is 462 g/mol. The van der Waals surface area contributed by atoms with Gasteiger partial charge in [0.05, 0.1) is 37.7 Å². The van der Waals surface area contributed by atoms with Gasteiger partial charge in [-0.1, -0.05) is 6.92 Å². The highest BCUT2D eigenvalue weighted by Gasteiger charge is 2.14. The van der Waals surface area contributed by atoms with Gasteiger partial charge in [0.2, 0.25) is 0 Å². The first-order valence-corrected chi connectivity index (χ1v) is 10.7. The van der Waals surface area contributed by atoms with Gasteiger partial charge in [0.15, 0.2) is 17.5 Å². The Balaban J connectivity index is 1.74. The molecule has 3 heterocycles. The molecule has 34 heavy (non-hydrogen) atoms. The second kappa shape index (κ2) is 9.65. The SMILES string of the molecule is CC[C@@H](COc1cncc(-c2cc3c(cnc4cc(OC)c(OC)cc43)c(N)n2)c1)NC(=N)N. The molecule has 0 aliphatic heterocycles. The number of ether oxygens (including phenoxy) is 3. The highest BCUT2D eigenvalue weighted by Crippen LogP contribution is 2.37. The van der Waals surface area contributed by atoms with Crippen molar-refractivity contribution < 1.29 is 14.2 Å². The van der Waals surface area contributed by atoms with Crippen LogP contribution < -0.4 is 31.0 Å². The van der Waals surface area contributed by atoms with Crippen LogP contribution in [0, 0.1) is 5.41 Å². The molecule has 3 aromatic heterocycles. The Kier molecular flexibility index (Phi) is 6.48. The summed E-state index contributed by atoms with van der Waals surface area (Å²) >= 11 is 0.